The zero-order chi connectivity index (χ0) is 14.1. The summed E-state index contributed by atoms with van der Waals surface area (Å²) in [5, 5.41) is 0. The van der Waals surface area contributed by atoms with E-state index in [4.69, 9.17) is 0 Å². The average Bonchev–Trinajstić information content (AvgIpc) is 2.91. The third-order valence-corrected chi connectivity index (χ3v) is 3.81. The average molecular weight is 256 g/mol. The van der Waals surface area contributed by atoms with Crippen LogP contribution in [0.4, 0.5) is 0 Å². The maximum atomic E-state index is 2.55. The van der Waals surface area contributed by atoms with Crippen LogP contribution in [0.1, 0.15) is 54.4 Å². The third kappa shape index (κ3) is 7.38. The first kappa shape index (κ1) is 17.9. The Morgan fingerprint density at radius 2 is 1.39 bits per heavy atom. The van der Waals surface area contributed by atoms with Crippen molar-refractivity contribution in [3.63, 3.8) is 0 Å². The van der Waals surface area contributed by atoms with Crippen LogP contribution in [-0.2, 0) is 0 Å². The fraction of sp³-hybridized carbons (Fsp3) is 1.00. The Hall–Kier alpha value is -0.0800. The smallest absolute Gasteiger partial charge is 0.00387 e. The molecule has 2 aliphatic rings. The van der Waals surface area contributed by atoms with E-state index >= 15 is 0 Å². The van der Waals surface area contributed by atoms with Gasteiger partial charge in [-0.1, -0.05) is 27.7 Å². The molecule has 0 aromatic heterocycles. The molecule has 2 heterocycles. The van der Waals surface area contributed by atoms with E-state index in [2.05, 4.69) is 44.5 Å². The largest absolute Gasteiger partial charge is 0.306 e. The summed E-state index contributed by atoms with van der Waals surface area (Å²) in [5.41, 5.74) is 0. The minimum absolute atomic E-state index is 0.759. The molecule has 2 rings (SSSR count). The van der Waals surface area contributed by atoms with E-state index in [0.717, 1.165) is 17.9 Å². The number of hydrogen-bond donors (Lipinski definition) is 0. The van der Waals surface area contributed by atoms with Gasteiger partial charge >= 0.3 is 0 Å². The minimum atomic E-state index is 0.759. The number of likely N-dealkylation sites (tertiary alicyclic amines) is 2. The fourth-order valence-corrected chi connectivity index (χ4v) is 2.59. The molecule has 110 valence electrons. The first-order valence-corrected chi connectivity index (χ1v) is 7.91. The first-order chi connectivity index (χ1) is 8.49. The lowest BCUT2D eigenvalue weighted by Crippen LogP contribution is -2.27. The van der Waals surface area contributed by atoms with E-state index in [1.54, 1.807) is 0 Å². The van der Waals surface area contributed by atoms with Gasteiger partial charge in [0.05, 0.1) is 0 Å². The van der Waals surface area contributed by atoms with Gasteiger partial charge in [-0.3, -0.25) is 0 Å². The molecular formula is C16H36N2. The molecule has 0 bridgehead atoms. The van der Waals surface area contributed by atoms with Crippen LogP contribution in [-0.4, -0.2) is 49.1 Å². The van der Waals surface area contributed by atoms with Crippen LogP contribution >= 0.6 is 0 Å². The highest BCUT2D eigenvalue weighted by Gasteiger charge is 2.19. The topological polar surface area (TPSA) is 6.48 Å². The van der Waals surface area contributed by atoms with Crippen molar-refractivity contribution in [2.24, 2.45) is 11.8 Å². The summed E-state index contributed by atoms with van der Waals surface area (Å²) in [6.07, 6.45) is 2.80. The summed E-state index contributed by atoms with van der Waals surface area (Å²) >= 11 is 0. The second kappa shape index (κ2) is 9.80. The molecule has 2 fully saturated rings. The van der Waals surface area contributed by atoms with E-state index in [1.807, 2.05) is 13.8 Å². The van der Waals surface area contributed by atoms with Gasteiger partial charge in [0.25, 0.3) is 0 Å². The van der Waals surface area contributed by atoms with Crippen molar-refractivity contribution in [1.82, 2.24) is 9.80 Å². The van der Waals surface area contributed by atoms with Crippen LogP contribution in [0, 0.1) is 11.8 Å². The Morgan fingerprint density at radius 3 is 1.56 bits per heavy atom. The van der Waals surface area contributed by atoms with Crippen molar-refractivity contribution in [1.29, 1.82) is 0 Å². The standard InChI is InChI=1S/C8H17N.C6H13N.C2H6/c1-7(2)9-5-4-8(3)6-9;1-6-3-4-7(2)5-6;1-2/h7-8H,4-6H2,1-3H3;6H,3-5H2,1-2H3;1-2H3. The van der Waals surface area contributed by atoms with Crippen molar-refractivity contribution >= 4 is 0 Å². The Bertz CT molecular complexity index is 184. The Kier molecular flexibility index (Phi) is 9.76. The van der Waals surface area contributed by atoms with Crippen molar-refractivity contribution in [3.8, 4) is 0 Å². The molecule has 2 unspecified atom stereocenters. The lowest BCUT2D eigenvalue weighted by atomic mass is 10.2. The zero-order valence-electron chi connectivity index (χ0n) is 13.9. The quantitative estimate of drug-likeness (QED) is 0.705. The molecule has 2 atom stereocenters. The van der Waals surface area contributed by atoms with Gasteiger partial charge in [-0.15, -0.1) is 0 Å². The normalized spacial score (nSPS) is 28.7. The van der Waals surface area contributed by atoms with Gasteiger partial charge in [0.2, 0.25) is 0 Å². The Balaban J connectivity index is 0.000000289. The second-order valence-electron chi connectivity index (χ2n) is 6.14. The molecule has 18 heavy (non-hydrogen) atoms. The summed E-state index contributed by atoms with van der Waals surface area (Å²) in [6.45, 7) is 18.4. The fourth-order valence-electron chi connectivity index (χ4n) is 2.59. The highest BCUT2D eigenvalue weighted by atomic mass is 15.2. The second-order valence-corrected chi connectivity index (χ2v) is 6.14. The van der Waals surface area contributed by atoms with Gasteiger partial charge in [0.15, 0.2) is 0 Å². The molecule has 2 aliphatic heterocycles. The lowest BCUT2D eigenvalue weighted by Gasteiger charge is -2.19. The summed E-state index contributed by atoms with van der Waals surface area (Å²) in [6, 6.07) is 0.759. The summed E-state index contributed by atoms with van der Waals surface area (Å²) in [7, 11) is 2.18. The van der Waals surface area contributed by atoms with Crippen LogP contribution in [0.15, 0.2) is 0 Å². The number of nitrogens with zero attached hydrogens (tertiary/aromatic N) is 2. The van der Waals surface area contributed by atoms with Crippen molar-refractivity contribution in [3.05, 3.63) is 0 Å². The summed E-state index contributed by atoms with van der Waals surface area (Å²) < 4.78 is 0. The number of hydrogen-bond acceptors (Lipinski definition) is 2. The molecule has 0 radical (unpaired) electrons. The maximum absolute atomic E-state index is 2.55. The molecule has 0 aliphatic carbocycles. The molecule has 2 heteroatoms. The molecule has 0 saturated carbocycles. The molecule has 2 nitrogen and oxygen atoms in total. The predicted octanol–water partition coefficient (Wildman–Crippen LogP) is 3.72. The zero-order valence-corrected chi connectivity index (χ0v) is 13.9. The van der Waals surface area contributed by atoms with Crippen molar-refractivity contribution in [2.75, 3.05) is 33.2 Å². The SMILES string of the molecule is CC.CC1CCN(C(C)C)C1.CC1CCN(C)C1. The highest BCUT2D eigenvalue weighted by Crippen LogP contribution is 2.16. The molecule has 0 aromatic carbocycles. The minimum Gasteiger partial charge on any atom is -0.306 e. The Labute approximate surface area is 116 Å². The van der Waals surface area contributed by atoms with Crippen LogP contribution in [0.5, 0.6) is 0 Å². The van der Waals surface area contributed by atoms with Crippen LogP contribution < -0.4 is 0 Å². The van der Waals surface area contributed by atoms with Gasteiger partial charge in [-0.05, 0) is 58.7 Å². The van der Waals surface area contributed by atoms with Crippen molar-refractivity contribution < 1.29 is 0 Å². The van der Waals surface area contributed by atoms with E-state index in [0.29, 0.717) is 0 Å². The van der Waals surface area contributed by atoms with Gasteiger partial charge < -0.3 is 9.80 Å². The van der Waals surface area contributed by atoms with E-state index in [-0.39, 0.29) is 0 Å². The van der Waals surface area contributed by atoms with Crippen LogP contribution in [0.25, 0.3) is 0 Å². The highest BCUT2D eigenvalue weighted by molar-refractivity contribution is 4.74. The molecule has 0 N–H and O–H groups in total. The molecule has 2 saturated heterocycles. The molecule has 0 spiro atoms. The third-order valence-electron chi connectivity index (χ3n) is 3.81. The monoisotopic (exact) mass is 256 g/mol. The maximum Gasteiger partial charge on any atom is 0.00387 e. The van der Waals surface area contributed by atoms with E-state index in [9.17, 15) is 0 Å². The van der Waals surface area contributed by atoms with Gasteiger partial charge in [0.1, 0.15) is 0 Å². The predicted molar refractivity (Wildman–Crippen MR) is 83.1 cm³/mol. The van der Waals surface area contributed by atoms with Gasteiger partial charge in [-0.25, -0.2) is 0 Å². The van der Waals surface area contributed by atoms with Crippen LogP contribution in [0.3, 0.4) is 0 Å². The summed E-state index contributed by atoms with van der Waals surface area (Å²) in [4.78, 5) is 4.93. The van der Waals surface area contributed by atoms with E-state index in [1.165, 1.54) is 39.0 Å². The van der Waals surface area contributed by atoms with Crippen LogP contribution in [0.2, 0.25) is 0 Å². The molecular weight excluding hydrogens is 220 g/mol. The van der Waals surface area contributed by atoms with Crippen molar-refractivity contribution in [2.45, 2.75) is 60.4 Å². The Morgan fingerprint density at radius 1 is 0.889 bits per heavy atom. The first-order valence-electron chi connectivity index (χ1n) is 7.91. The summed E-state index contributed by atoms with van der Waals surface area (Å²) in [5.74, 6) is 1.89. The number of rotatable bonds is 1. The van der Waals surface area contributed by atoms with Gasteiger partial charge in [0, 0.05) is 19.1 Å². The molecule has 0 aromatic rings. The lowest BCUT2D eigenvalue weighted by molar-refractivity contribution is 0.267. The molecule has 0 amide bonds. The van der Waals surface area contributed by atoms with Gasteiger partial charge in [-0.2, -0.15) is 0 Å². The van der Waals surface area contributed by atoms with E-state index < -0.39 is 0 Å².